The fourth-order valence-corrected chi connectivity index (χ4v) is 3.83. The summed E-state index contributed by atoms with van der Waals surface area (Å²) in [7, 11) is 0. The number of nitrogens with one attached hydrogen (secondary N) is 1. The molecule has 0 bridgehead atoms. The maximum absolute atomic E-state index is 12.8. The van der Waals surface area contributed by atoms with Crippen molar-refractivity contribution in [2.75, 3.05) is 16.8 Å². The maximum Gasteiger partial charge on any atom is 0.433 e. The molecule has 164 valence electrons. The van der Waals surface area contributed by atoms with E-state index in [1.807, 2.05) is 13.0 Å². The first-order valence-electron chi connectivity index (χ1n) is 9.83. The minimum absolute atomic E-state index is 0.329. The normalized spacial score (nSPS) is 14.4. The summed E-state index contributed by atoms with van der Waals surface area (Å²) in [6.07, 6.45) is -1.13. The maximum atomic E-state index is 12.8. The Labute approximate surface area is 187 Å². The van der Waals surface area contributed by atoms with Crippen molar-refractivity contribution < 1.29 is 13.2 Å². The first-order valence-corrected chi connectivity index (χ1v) is 10.2. The number of halogens is 4. The minimum atomic E-state index is -4.48. The second-order valence-electron chi connectivity index (χ2n) is 7.43. The Balaban J connectivity index is 1.58. The van der Waals surface area contributed by atoms with E-state index in [-0.39, 0.29) is 6.04 Å². The lowest BCUT2D eigenvalue weighted by molar-refractivity contribution is -0.141. The van der Waals surface area contributed by atoms with Crippen LogP contribution in [-0.2, 0) is 19.1 Å². The zero-order valence-corrected chi connectivity index (χ0v) is 17.7. The third-order valence-electron chi connectivity index (χ3n) is 5.35. The molecule has 0 saturated heterocycles. The number of hydrogen-bond donors (Lipinski definition) is 1. The van der Waals surface area contributed by atoms with Gasteiger partial charge in [-0.05, 0) is 36.8 Å². The molecule has 0 radical (unpaired) electrons. The van der Waals surface area contributed by atoms with Gasteiger partial charge in [0.1, 0.15) is 23.9 Å². The highest BCUT2D eigenvalue weighted by atomic mass is 35.5. The lowest BCUT2D eigenvalue weighted by atomic mass is 10.0. The molecule has 1 aliphatic rings. The van der Waals surface area contributed by atoms with Crippen LogP contribution in [0.4, 0.5) is 24.7 Å². The zero-order chi connectivity index (χ0) is 22.9. The largest absolute Gasteiger partial charge is 0.433 e. The van der Waals surface area contributed by atoms with Gasteiger partial charge in [-0.2, -0.15) is 18.4 Å². The Kier molecular flexibility index (Phi) is 5.89. The van der Waals surface area contributed by atoms with Gasteiger partial charge in [-0.25, -0.2) is 9.97 Å². The molecule has 6 nitrogen and oxygen atoms in total. The SMILES string of the molecule is C[C@@H](Nc1ncnc2c1CN(c1ccc(Cl)cc1C#N)CC2)c1ccc(C(F)(F)F)nc1. The van der Waals surface area contributed by atoms with Crippen molar-refractivity contribution in [1.29, 1.82) is 5.26 Å². The number of pyridine rings is 1. The first kappa shape index (κ1) is 21.8. The lowest BCUT2D eigenvalue weighted by Crippen LogP contribution is -2.32. The number of benzene rings is 1. The predicted octanol–water partition coefficient (Wildman–Crippen LogP) is 5.15. The van der Waals surface area contributed by atoms with Crippen molar-refractivity contribution in [2.45, 2.75) is 32.1 Å². The van der Waals surface area contributed by atoms with Crippen molar-refractivity contribution in [1.82, 2.24) is 15.0 Å². The van der Waals surface area contributed by atoms with Crippen LogP contribution >= 0.6 is 11.6 Å². The van der Waals surface area contributed by atoms with E-state index >= 15 is 0 Å². The van der Waals surface area contributed by atoms with E-state index in [4.69, 9.17) is 11.6 Å². The zero-order valence-electron chi connectivity index (χ0n) is 17.0. The van der Waals surface area contributed by atoms with E-state index in [1.165, 1.54) is 18.6 Å². The van der Waals surface area contributed by atoms with Gasteiger partial charge in [-0.1, -0.05) is 17.7 Å². The summed E-state index contributed by atoms with van der Waals surface area (Å²) in [5.41, 5.74) is 2.70. The number of rotatable bonds is 4. The third kappa shape index (κ3) is 4.46. The van der Waals surface area contributed by atoms with E-state index in [0.717, 1.165) is 23.0 Å². The topological polar surface area (TPSA) is 77.7 Å². The molecule has 0 aliphatic carbocycles. The van der Waals surface area contributed by atoms with Gasteiger partial charge in [-0.3, -0.25) is 4.98 Å². The van der Waals surface area contributed by atoms with Crippen molar-refractivity contribution >= 4 is 23.1 Å². The summed E-state index contributed by atoms with van der Waals surface area (Å²) < 4.78 is 38.3. The van der Waals surface area contributed by atoms with Gasteiger partial charge in [0.15, 0.2) is 0 Å². The standard InChI is InChI=1S/C22H18ClF3N6/c1-13(14-2-5-20(28-10-14)22(24,25)26)31-21-17-11-32(7-6-18(17)29-12-30-21)19-4-3-16(23)8-15(19)9-27/h2-5,8,10,12-13H,6-7,11H2,1H3,(H,29,30,31)/t13-/m1/s1. The van der Waals surface area contributed by atoms with Crippen LogP contribution < -0.4 is 10.2 Å². The van der Waals surface area contributed by atoms with Crippen LogP contribution in [0, 0.1) is 11.3 Å². The molecule has 4 rings (SSSR count). The summed E-state index contributed by atoms with van der Waals surface area (Å²) in [4.78, 5) is 14.3. The number of fused-ring (bicyclic) bond motifs is 1. The molecule has 0 spiro atoms. The van der Waals surface area contributed by atoms with Crippen LogP contribution in [0.3, 0.4) is 0 Å². The van der Waals surface area contributed by atoms with Gasteiger partial charge in [0.05, 0.1) is 23.0 Å². The van der Waals surface area contributed by atoms with E-state index in [0.29, 0.717) is 41.5 Å². The Bertz CT molecular complexity index is 1170. The van der Waals surface area contributed by atoms with Crippen molar-refractivity contribution in [3.05, 3.63) is 76.0 Å². The van der Waals surface area contributed by atoms with Crippen molar-refractivity contribution in [2.24, 2.45) is 0 Å². The Morgan fingerprint density at radius 2 is 2.00 bits per heavy atom. The Morgan fingerprint density at radius 1 is 1.19 bits per heavy atom. The summed E-state index contributed by atoms with van der Waals surface area (Å²) in [5, 5.41) is 13.3. The van der Waals surface area contributed by atoms with Crippen LogP contribution in [0.2, 0.25) is 5.02 Å². The molecule has 32 heavy (non-hydrogen) atoms. The Morgan fingerprint density at radius 3 is 2.69 bits per heavy atom. The van der Waals surface area contributed by atoms with Gasteiger partial charge in [0.25, 0.3) is 0 Å². The highest BCUT2D eigenvalue weighted by Crippen LogP contribution is 2.32. The molecule has 0 fully saturated rings. The van der Waals surface area contributed by atoms with Crippen LogP contribution in [0.25, 0.3) is 0 Å². The first-order chi connectivity index (χ1) is 15.3. The molecule has 1 N–H and O–H groups in total. The van der Waals surface area contributed by atoms with Crippen LogP contribution in [0.15, 0.2) is 42.9 Å². The molecule has 0 saturated carbocycles. The van der Waals surface area contributed by atoms with Crippen molar-refractivity contribution in [3.8, 4) is 6.07 Å². The average Bonchev–Trinajstić information content (AvgIpc) is 2.78. The third-order valence-corrected chi connectivity index (χ3v) is 5.59. The van der Waals surface area contributed by atoms with Crippen LogP contribution in [0.5, 0.6) is 0 Å². The van der Waals surface area contributed by atoms with Gasteiger partial charge in [0, 0.05) is 36.3 Å². The van der Waals surface area contributed by atoms with Crippen molar-refractivity contribution in [3.63, 3.8) is 0 Å². The molecule has 1 aliphatic heterocycles. The smallest absolute Gasteiger partial charge is 0.366 e. The average molecular weight is 459 g/mol. The molecule has 1 aromatic carbocycles. The molecule has 0 amide bonds. The van der Waals surface area contributed by atoms with E-state index in [2.05, 4.69) is 31.2 Å². The monoisotopic (exact) mass is 458 g/mol. The Hall–Kier alpha value is -3.38. The van der Waals surface area contributed by atoms with Gasteiger partial charge in [-0.15, -0.1) is 0 Å². The summed E-state index contributed by atoms with van der Waals surface area (Å²) in [5.74, 6) is 0.597. The quantitative estimate of drug-likeness (QED) is 0.582. The summed E-state index contributed by atoms with van der Waals surface area (Å²) in [6.45, 7) is 2.98. The molecule has 2 aromatic heterocycles. The lowest BCUT2D eigenvalue weighted by Gasteiger charge is -2.32. The van der Waals surface area contributed by atoms with E-state index in [1.54, 1.807) is 12.1 Å². The number of nitrogens with zero attached hydrogens (tertiary/aromatic N) is 5. The second-order valence-corrected chi connectivity index (χ2v) is 7.87. The van der Waals surface area contributed by atoms with Gasteiger partial charge >= 0.3 is 6.18 Å². The molecule has 3 heterocycles. The van der Waals surface area contributed by atoms with Gasteiger partial charge < -0.3 is 10.2 Å². The molecule has 3 aromatic rings. The number of nitriles is 1. The fourth-order valence-electron chi connectivity index (χ4n) is 3.66. The molecule has 0 unspecified atom stereocenters. The predicted molar refractivity (Wildman–Crippen MR) is 114 cm³/mol. The second kappa shape index (κ2) is 8.63. The number of hydrogen-bond acceptors (Lipinski definition) is 6. The number of anilines is 2. The van der Waals surface area contributed by atoms with E-state index in [9.17, 15) is 18.4 Å². The molecular weight excluding hydrogens is 441 g/mol. The molecule has 10 heteroatoms. The van der Waals surface area contributed by atoms with Crippen LogP contribution in [-0.4, -0.2) is 21.5 Å². The molecular formula is C22H18ClF3N6. The minimum Gasteiger partial charge on any atom is -0.366 e. The highest BCUT2D eigenvalue weighted by Gasteiger charge is 2.32. The fraction of sp³-hybridized carbons (Fsp3) is 0.273. The molecule has 1 atom stereocenters. The summed E-state index contributed by atoms with van der Waals surface area (Å²) in [6, 6.07) is 9.42. The van der Waals surface area contributed by atoms with Crippen LogP contribution in [0.1, 0.15) is 41.0 Å². The summed E-state index contributed by atoms with van der Waals surface area (Å²) >= 11 is 6.02. The number of alkyl halides is 3. The van der Waals surface area contributed by atoms with E-state index < -0.39 is 11.9 Å². The highest BCUT2D eigenvalue weighted by molar-refractivity contribution is 6.30. The number of aromatic nitrogens is 3. The van der Waals surface area contributed by atoms with Gasteiger partial charge in [0.2, 0.25) is 0 Å².